The number of nitrogens with one attached hydrogen (secondary N) is 1. The maximum Gasteiger partial charge on any atom is 0.387 e. The first-order chi connectivity index (χ1) is 10.8. The van der Waals surface area contributed by atoms with Crippen LogP contribution in [-0.4, -0.2) is 33.4 Å². The normalized spacial score (nSPS) is 10.6. The number of aliphatic carboxylic acids is 1. The summed E-state index contributed by atoms with van der Waals surface area (Å²) in [5.74, 6) is -3.30. The smallest absolute Gasteiger partial charge is 0.387 e. The van der Waals surface area contributed by atoms with Crippen molar-refractivity contribution < 1.29 is 32.6 Å². The predicted octanol–water partition coefficient (Wildman–Crippen LogP) is 1.96. The second kappa shape index (κ2) is 6.81. The van der Waals surface area contributed by atoms with Crippen molar-refractivity contribution in [3.63, 3.8) is 0 Å². The molecule has 0 bridgehead atoms. The largest absolute Gasteiger partial charge is 0.480 e. The molecule has 0 atom stereocenters. The summed E-state index contributed by atoms with van der Waals surface area (Å²) in [5.41, 5.74) is -0.317. The Kier molecular flexibility index (Phi) is 4.84. The van der Waals surface area contributed by atoms with E-state index in [0.717, 1.165) is 16.8 Å². The summed E-state index contributed by atoms with van der Waals surface area (Å²) in [5, 5.41) is 14.6. The van der Waals surface area contributed by atoms with Crippen LogP contribution >= 0.6 is 0 Å². The molecule has 1 aromatic heterocycles. The highest BCUT2D eigenvalue weighted by Gasteiger charge is 2.16. The molecule has 0 aliphatic carbocycles. The van der Waals surface area contributed by atoms with Gasteiger partial charge >= 0.3 is 12.6 Å². The fourth-order valence-electron chi connectivity index (χ4n) is 1.69. The van der Waals surface area contributed by atoms with E-state index in [-0.39, 0.29) is 11.4 Å². The van der Waals surface area contributed by atoms with E-state index in [1.807, 2.05) is 0 Å². The van der Waals surface area contributed by atoms with Crippen LogP contribution in [0.15, 0.2) is 30.5 Å². The van der Waals surface area contributed by atoms with Gasteiger partial charge in [0.2, 0.25) is 0 Å². The quantitative estimate of drug-likeness (QED) is 0.845. The van der Waals surface area contributed by atoms with Crippen LogP contribution in [0.2, 0.25) is 0 Å². The Bertz CT molecular complexity index is 733. The number of hydrogen-bond acceptors (Lipinski definition) is 4. The second-order valence-corrected chi connectivity index (χ2v) is 4.27. The van der Waals surface area contributed by atoms with Gasteiger partial charge in [-0.25, -0.2) is 4.39 Å². The minimum absolute atomic E-state index is 0.140. The first-order valence-corrected chi connectivity index (χ1v) is 6.16. The van der Waals surface area contributed by atoms with Gasteiger partial charge in [0.25, 0.3) is 5.91 Å². The molecule has 2 aromatic rings. The summed E-state index contributed by atoms with van der Waals surface area (Å²) in [6, 6.07) is 3.95. The lowest BCUT2D eigenvalue weighted by Gasteiger charge is -2.11. The summed E-state index contributed by atoms with van der Waals surface area (Å²) >= 11 is 0. The van der Waals surface area contributed by atoms with Gasteiger partial charge in [0.05, 0.1) is 5.69 Å². The Morgan fingerprint density at radius 1 is 1.35 bits per heavy atom. The number of aromatic nitrogens is 2. The number of carboxylic acids is 1. The average Bonchev–Trinajstić information content (AvgIpc) is 2.89. The molecule has 1 aromatic carbocycles. The summed E-state index contributed by atoms with van der Waals surface area (Å²) in [4.78, 5) is 22.5. The minimum atomic E-state index is -3.19. The number of carbonyl (C=O) groups is 2. The lowest BCUT2D eigenvalue weighted by atomic mass is 10.2. The molecule has 2 N–H and O–H groups in total. The molecule has 0 saturated heterocycles. The highest BCUT2D eigenvalue weighted by molar-refractivity contribution is 6.03. The van der Waals surface area contributed by atoms with Crippen molar-refractivity contribution in [1.82, 2.24) is 9.78 Å². The van der Waals surface area contributed by atoms with Crippen molar-refractivity contribution in [1.29, 1.82) is 0 Å². The highest BCUT2D eigenvalue weighted by Crippen LogP contribution is 2.27. The number of amides is 1. The maximum atomic E-state index is 13.1. The van der Waals surface area contributed by atoms with Crippen molar-refractivity contribution in [2.24, 2.45) is 0 Å². The van der Waals surface area contributed by atoms with Crippen LogP contribution in [0.3, 0.4) is 0 Å². The van der Waals surface area contributed by atoms with E-state index < -0.39 is 36.6 Å². The zero-order chi connectivity index (χ0) is 17.0. The van der Waals surface area contributed by atoms with E-state index in [2.05, 4.69) is 15.2 Å². The maximum absolute atomic E-state index is 13.1. The molecule has 7 nitrogen and oxygen atoms in total. The van der Waals surface area contributed by atoms with Crippen LogP contribution in [0.25, 0.3) is 0 Å². The van der Waals surface area contributed by atoms with Crippen molar-refractivity contribution >= 4 is 17.6 Å². The van der Waals surface area contributed by atoms with Gasteiger partial charge in [0.1, 0.15) is 12.4 Å². The fraction of sp³-hybridized carbons (Fsp3) is 0.154. The molecule has 1 amide bonds. The number of anilines is 1. The molecule has 23 heavy (non-hydrogen) atoms. The number of nitrogens with zero attached hydrogens (tertiary/aromatic N) is 2. The molecule has 0 aliphatic heterocycles. The van der Waals surface area contributed by atoms with E-state index in [1.165, 1.54) is 12.3 Å². The predicted molar refractivity (Wildman–Crippen MR) is 70.8 cm³/mol. The van der Waals surface area contributed by atoms with Gasteiger partial charge in [0.15, 0.2) is 11.4 Å². The number of hydrogen-bond donors (Lipinski definition) is 2. The van der Waals surface area contributed by atoms with Crippen LogP contribution < -0.4 is 10.1 Å². The second-order valence-electron chi connectivity index (χ2n) is 4.27. The van der Waals surface area contributed by atoms with E-state index >= 15 is 0 Å². The van der Waals surface area contributed by atoms with Crippen LogP contribution in [0.4, 0.5) is 18.9 Å². The molecular formula is C13H10F3N3O4. The monoisotopic (exact) mass is 329 g/mol. The molecule has 0 aliphatic rings. The van der Waals surface area contributed by atoms with E-state index in [4.69, 9.17) is 5.11 Å². The molecule has 122 valence electrons. The van der Waals surface area contributed by atoms with Crippen LogP contribution in [0, 0.1) is 5.82 Å². The van der Waals surface area contributed by atoms with Gasteiger partial charge in [-0.15, -0.1) is 0 Å². The summed E-state index contributed by atoms with van der Waals surface area (Å²) in [7, 11) is 0. The molecule has 0 unspecified atom stereocenters. The third kappa shape index (κ3) is 4.46. The van der Waals surface area contributed by atoms with Gasteiger partial charge < -0.3 is 15.2 Å². The lowest BCUT2D eigenvalue weighted by Crippen LogP contribution is -2.16. The Morgan fingerprint density at radius 3 is 2.74 bits per heavy atom. The van der Waals surface area contributed by atoms with Gasteiger partial charge in [-0.2, -0.15) is 13.9 Å². The number of carbonyl (C=O) groups excluding carboxylic acids is 1. The molecular weight excluding hydrogens is 319 g/mol. The number of rotatable bonds is 6. The first kappa shape index (κ1) is 16.3. The van der Waals surface area contributed by atoms with Crippen LogP contribution in [0.5, 0.6) is 5.75 Å². The number of halogens is 3. The number of benzene rings is 1. The molecule has 0 fully saturated rings. The van der Waals surface area contributed by atoms with Gasteiger partial charge in [0, 0.05) is 12.3 Å². The Hall–Kier alpha value is -3.04. The third-order valence-electron chi connectivity index (χ3n) is 2.58. The number of alkyl halides is 2. The van der Waals surface area contributed by atoms with Gasteiger partial charge in [-0.3, -0.25) is 14.3 Å². The van der Waals surface area contributed by atoms with E-state index in [0.29, 0.717) is 6.07 Å². The molecule has 2 rings (SSSR count). The standard InChI is InChI=1S/C13H10F3N3O4/c14-7-1-2-8(10(5-7)23-13(15)16)17-12(22)9-3-4-19(18-9)6-11(20)21/h1-5,13H,6H2,(H,17,22)(H,20,21). The Balaban J connectivity index is 2.16. The molecule has 10 heteroatoms. The zero-order valence-corrected chi connectivity index (χ0v) is 11.4. The van der Waals surface area contributed by atoms with Crippen molar-refractivity contribution in [3.8, 4) is 5.75 Å². The SMILES string of the molecule is O=C(O)Cn1ccc(C(=O)Nc2ccc(F)cc2OC(F)F)n1. The topological polar surface area (TPSA) is 93.5 Å². The third-order valence-corrected chi connectivity index (χ3v) is 2.58. The molecule has 0 saturated carbocycles. The summed E-state index contributed by atoms with van der Waals surface area (Å²) < 4.78 is 42.8. The van der Waals surface area contributed by atoms with Crippen LogP contribution in [-0.2, 0) is 11.3 Å². The van der Waals surface area contributed by atoms with E-state index in [9.17, 15) is 22.8 Å². The molecule has 0 spiro atoms. The van der Waals surface area contributed by atoms with Crippen LogP contribution in [0.1, 0.15) is 10.5 Å². The lowest BCUT2D eigenvalue weighted by molar-refractivity contribution is -0.137. The van der Waals surface area contributed by atoms with E-state index in [1.54, 1.807) is 0 Å². The average molecular weight is 329 g/mol. The summed E-state index contributed by atoms with van der Waals surface area (Å²) in [6.45, 7) is -3.63. The molecule has 0 radical (unpaired) electrons. The minimum Gasteiger partial charge on any atom is -0.480 e. The molecule has 1 heterocycles. The fourth-order valence-corrected chi connectivity index (χ4v) is 1.69. The zero-order valence-electron chi connectivity index (χ0n) is 11.4. The highest BCUT2D eigenvalue weighted by atomic mass is 19.3. The number of ether oxygens (including phenoxy) is 1. The van der Waals surface area contributed by atoms with Crippen molar-refractivity contribution in [2.45, 2.75) is 13.2 Å². The van der Waals surface area contributed by atoms with Gasteiger partial charge in [-0.05, 0) is 18.2 Å². The Labute approximate surface area is 127 Å². The first-order valence-electron chi connectivity index (χ1n) is 6.16. The van der Waals surface area contributed by atoms with Crippen molar-refractivity contribution in [3.05, 3.63) is 42.0 Å². The number of carboxylic acid groups (broad SMARTS) is 1. The van der Waals surface area contributed by atoms with Gasteiger partial charge in [-0.1, -0.05) is 0 Å². The Morgan fingerprint density at radius 2 is 2.09 bits per heavy atom. The van der Waals surface area contributed by atoms with Crippen molar-refractivity contribution in [2.75, 3.05) is 5.32 Å². The summed E-state index contributed by atoms with van der Waals surface area (Å²) in [6.07, 6.45) is 1.27.